The van der Waals surface area contributed by atoms with E-state index in [1.54, 1.807) is 0 Å². The molecule has 0 fully saturated rings. The second kappa shape index (κ2) is 7.26. The Hall–Kier alpha value is -1.59. The van der Waals surface area contributed by atoms with Gasteiger partial charge in [0, 0.05) is 18.5 Å². The SMILES string of the molecule is NCC#Cc1ccc(S(=O)(=O)NCCC(N)=O)c(Cl)c1. The topological polar surface area (TPSA) is 115 Å². The molecular weight excluding hydrogens is 302 g/mol. The molecule has 0 saturated carbocycles. The van der Waals surface area contributed by atoms with Crippen LogP contribution in [0.4, 0.5) is 0 Å². The van der Waals surface area contributed by atoms with Crippen molar-refractivity contribution in [1.29, 1.82) is 0 Å². The summed E-state index contributed by atoms with van der Waals surface area (Å²) in [5.41, 5.74) is 10.7. The smallest absolute Gasteiger partial charge is 0.242 e. The normalized spacial score (nSPS) is 10.7. The Morgan fingerprint density at radius 3 is 2.65 bits per heavy atom. The molecule has 0 bridgehead atoms. The summed E-state index contributed by atoms with van der Waals surface area (Å²) in [7, 11) is -3.79. The third-order valence-corrected chi connectivity index (χ3v) is 4.16. The molecule has 108 valence electrons. The summed E-state index contributed by atoms with van der Waals surface area (Å²) in [5.74, 6) is 4.79. The summed E-state index contributed by atoms with van der Waals surface area (Å²) in [4.78, 5) is 10.5. The van der Waals surface area contributed by atoms with Gasteiger partial charge in [-0.1, -0.05) is 23.4 Å². The Balaban J connectivity index is 2.93. The predicted octanol–water partition coefficient (Wildman–Crippen LogP) is -0.196. The molecule has 0 atom stereocenters. The first-order chi connectivity index (χ1) is 9.36. The number of hydrogen-bond acceptors (Lipinski definition) is 4. The summed E-state index contributed by atoms with van der Waals surface area (Å²) in [6.45, 7) is 0.120. The molecule has 8 heteroatoms. The number of carbonyl (C=O) groups excluding carboxylic acids is 1. The van der Waals surface area contributed by atoms with E-state index in [0.717, 1.165) is 0 Å². The molecule has 0 heterocycles. The van der Waals surface area contributed by atoms with Gasteiger partial charge in [-0.2, -0.15) is 0 Å². The van der Waals surface area contributed by atoms with E-state index in [2.05, 4.69) is 16.6 Å². The number of sulfonamides is 1. The summed E-state index contributed by atoms with van der Waals surface area (Å²) in [5, 5.41) is 0.0420. The molecule has 0 aliphatic carbocycles. The molecule has 0 saturated heterocycles. The van der Waals surface area contributed by atoms with Gasteiger partial charge >= 0.3 is 0 Å². The molecule has 0 spiro atoms. The Morgan fingerprint density at radius 2 is 2.10 bits per heavy atom. The molecule has 1 aromatic rings. The highest BCUT2D eigenvalue weighted by Crippen LogP contribution is 2.22. The first-order valence-corrected chi connectivity index (χ1v) is 7.49. The minimum Gasteiger partial charge on any atom is -0.370 e. The van der Waals surface area contributed by atoms with Crippen molar-refractivity contribution in [3.05, 3.63) is 28.8 Å². The molecule has 0 radical (unpaired) electrons. The van der Waals surface area contributed by atoms with Crippen molar-refractivity contribution in [1.82, 2.24) is 4.72 Å². The lowest BCUT2D eigenvalue weighted by Gasteiger charge is -2.07. The van der Waals surface area contributed by atoms with Crippen LogP contribution >= 0.6 is 11.6 Å². The molecule has 1 aromatic carbocycles. The fourth-order valence-corrected chi connectivity index (χ4v) is 2.91. The second-order valence-corrected chi connectivity index (χ2v) is 5.91. The van der Waals surface area contributed by atoms with E-state index in [4.69, 9.17) is 23.1 Å². The van der Waals surface area contributed by atoms with Crippen LogP contribution in [0.5, 0.6) is 0 Å². The Kier molecular flexibility index (Phi) is 5.98. The van der Waals surface area contributed by atoms with Gasteiger partial charge in [0.05, 0.1) is 11.6 Å². The number of nitrogens with two attached hydrogens (primary N) is 2. The van der Waals surface area contributed by atoms with Gasteiger partial charge in [0.15, 0.2) is 0 Å². The van der Waals surface area contributed by atoms with E-state index < -0.39 is 15.9 Å². The first kappa shape index (κ1) is 16.5. The van der Waals surface area contributed by atoms with Gasteiger partial charge in [-0.25, -0.2) is 13.1 Å². The van der Waals surface area contributed by atoms with Gasteiger partial charge in [0.25, 0.3) is 0 Å². The van der Waals surface area contributed by atoms with Crippen LogP contribution in [0, 0.1) is 11.8 Å². The zero-order valence-electron chi connectivity index (χ0n) is 10.5. The molecule has 0 unspecified atom stereocenters. The van der Waals surface area contributed by atoms with E-state index in [0.29, 0.717) is 5.56 Å². The van der Waals surface area contributed by atoms with Gasteiger partial charge in [0.2, 0.25) is 15.9 Å². The molecule has 1 amide bonds. The van der Waals surface area contributed by atoms with Crippen LogP contribution in [0.15, 0.2) is 23.1 Å². The lowest BCUT2D eigenvalue weighted by Crippen LogP contribution is -2.28. The van der Waals surface area contributed by atoms with Crippen LogP contribution < -0.4 is 16.2 Å². The largest absolute Gasteiger partial charge is 0.370 e. The van der Waals surface area contributed by atoms with Gasteiger partial charge in [-0.15, -0.1) is 0 Å². The average Bonchev–Trinajstić information content (AvgIpc) is 2.35. The fraction of sp³-hybridized carbons (Fsp3) is 0.250. The highest BCUT2D eigenvalue weighted by atomic mass is 35.5. The van der Waals surface area contributed by atoms with E-state index >= 15 is 0 Å². The molecule has 5 N–H and O–H groups in total. The van der Waals surface area contributed by atoms with Crippen LogP contribution in [0.3, 0.4) is 0 Å². The van der Waals surface area contributed by atoms with E-state index in [-0.39, 0.29) is 29.4 Å². The van der Waals surface area contributed by atoms with E-state index in [9.17, 15) is 13.2 Å². The number of carbonyl (C=O) groups is 1. The summed E-state index contributed by atoms with van der Waals surface area (Å²) < 4.78 is 26.2. The molecular formula is C12H14ClN3O3S. The fourth-order valence-electron chi connectivity index (χ4n) is 1.34. The highest BCUT2D eigenvalue weighted by molar-refractivity contribution is 7.89. The van der Waals surface area contributed by atoms with E-state index in [1.165, 1.54) is 18.2 Å². The number of amides is 1. The number of primary amides is 1. The van der Waals surface area contributed by atoms with Gasteiger partial charge in [0.1, 0.15) is 4.90 Å². The zero-order chi connectivity index (χ0) is 15.2. The van der Waals surface area contributed by atoms with Crippen molar-refractivity contribution in [2.45, 2.75) is 11.3 Å². The quantitative estimate of drug-likeness (QED) is 0.653. The maximum absolute atomic E-state index is 12.0. The number of halogens is 1. The van der Waals surface area contributed by atoms with Crippen LogP contribution in [0.2, 0.25) is 5.02 Å². The maximum atomic E-state index is 12.0. The van der Waals surface area contributed by atoms with Crippen LogP contribution in [-0.4, -0.2) is 27.4 Å². The zero-order valence-corrected chi connectivity index (χ0v) is 12.1. The van der Waals surface area contributed by atoms with Gasteiger partial charge in [-0.05, 0) is 18.2 Å². The predicted molar refractivity (Wildman–Crippen MR) is 76.4 cm³/mol. The molecule has 0 aliphatic heterocycles. The monoisotopic (exact) mass is 315 g/mol. The highest BCUT2D eigenvalue weighted by Gasteiger charge is 2.17. The summed E-state index contributed by atoms with van der Waals surface area (Å²) >= 11 is 5.92. The second-order valence-electron chi connectivity index (χ2n) is 3.77. The molecule has 6 nitrogen and oxygen atoms in total. The van der Waals surface area contributed by atoms with Crippen molar-refractivity contribution in [3.8, 4) is 11.8 Å². The lowest BCUT2D eigenvalue weighted by molar-refractivity contribution is -0.117. The van der Waals surface area contributed by atoms with Crippen LogP contribution in [0.1, 0.15) is 12.0 Å². The van der Waals surface area contributed by atoms with E-state index in [1.807, 2.05) is 0 Å². The molecule has 0 aromatic heterocycles. The van der Waals surface area contributed by atoms with Crippen molar-refractivity contribution in [2.75, 3.05) is 13.1 Å². The average molecular weight is 316 g/mol. The van der Waals surface area contributed by atoms with Gasteiger partial charge < -0.3 is 11.5 Å². The third-order valence-electron chi connectivity index (χ3n) is 2.22. The molecule has 20 heavy (non-hydrogen) atoms. The van der Waals surface area contributed by atoms with Crippen LogP contribution in [-0.2, 0) is 14.8 Å². The maximum Gasteiger partial charge on any atom is 0.242 e. The minimum atomic E-state index is -3.79. The number of hydrogen-bond donors (Lipinski definition) is 3. The van der Waals surface area contributed by atoms with Crippen molar-refractivity contribution in [3.63, 3.8) is 0 Å². The van der Waals surface area contributed by atoms with Crippen LogP contribution in [0.25, 0.3) is 0 Å². The van der Waals surface area contributed by atoms with Crippen molar-refractivity contribution < 1.29 is 13.2 Å². The minimum absolute atomic E-state index is 0.0420. The molecule has 1 rings (SSSR count). The Morgan fingerprint density at radius 1 is 1.40 bits per heavy atom. The third kappa shape index (κ3) is 4.83. The number of nitrogens with one attached hydrogen (secondary N) is 1. The Labute approximate surface area is 122 Å². The first-order valence-electron chi connectivity index (χ1n) is 5.63. The number of rotatable bonds is 5. The number of benzene rings is 1. The van der Waals surface area contributed by atoms with Gasteiger partial charge in [-0.3, -0.25) is 4.79 Å². The summed E-state index contributed by atoms with van der Waals surface area (Å²) in [6.07, 6.45) is -0.0864. The lowest BCUT2D eigenvalue weighted by atomic mass is 10.2. The molecule has 0 aliphatic rings. The van der Waals surface area contributed by atoms with Crippen molar-refractivity contribution >= 4 is 27.5 Å². The Bertz CT molecular complexity index is 662. The van der Waals surface area contributed by atoms with Crippen molar-refractivity contribution in [2.24, 2.45) is 11.5 Å². The summed E-state index contributed by atoms with van der Waals surface area (Å²) in [6, 6.07) is 4.31. The standard InChI is InChI=1S/C12H14ClN3O3S/c13-10-8-9(2-1-6-14)3-4-11(10)20(18,19)16-7-5-12(15)17/h3-4,8,16H,5-7,14H2,(H2,15,17).